The van der Waals surface area contributed by atoms with Crippen LogP contribution in [0.25, 0.3) is 0 Å². The lowest BCUT2D eigenvalue weighted by molar-refractivity contribution is -0.192. The molecule has 2 N–H and O–H groups in total. The fourth-order valence-electron chi connectivity index (χ4n) is 4.34. The molecule has 1 aromatic carbocycles. The number of carbonyl (C=O) groups is 2. The molecular weight excluding hydrogens is 439 g/mol. The van der Waals surface area contributed by atoms with E-state index in [1.165, 1.54) is 5.56 Å². The molecule has 2 fully saturated rings. The summed E-state index contributed by atoms with van der Waals surface area (Å²) in [5.41, 5.74) is 2.07. The number of anilines is 1. The zero-order valence-corrected chi connectivity index (χ0v) is 17.9. The zero-order valence-electron chi connectivity index (χ0n) is 17.9. The number of ether oxygens (including phenoxy) is 1. The van der Waals surface area contributed by atoms with Crippen molar-refractivity contribution in [1.82, 2.24) is 9.88 Å². The van der Waals surface area contributed by atoms with Gasteiger partial charge in [-0.05, 0) is 36.6 Å². The van der Waals surface area contributed by atoms with Crippen molar-refractivity contribution < 1.29 is 32.6 Å². The van der Waals surface area contributed by atoms with Gasteiger partial charge in [0, 0.05) is 56.3 Å². The SMILES string of the molecule is O=C(Nc1ccccc1)C1CN(Cc2cccnc2)CC12CCOCC2.O=C(O)C(F)(F)F. The number of para-hydroxylation sites is 1. The molecule has 1 unspecified atom stereocenters. The van der Waals surface area contributed by atoms with Gasteiger partial charge in [-0.1, -0.05) is 24.3 Å². The Morgan fingerprint density at radius 1 is 1.15 bits per heavy atom. The summed E-state index contributed by atoms with van der Waals surface area (Å²) < 4.78 is 37.3. The van der Waals surface area contributed by atoms with Crippen molar-refractivity contribution >= 4 is 17.6 Å². The Bertz CT molecular complexity index is 920. The lowest BCUT2D eigenvalue weighted by Gasteiger charge is -2.37. The highest BCUT2D eigenvalue weighted by Crippen LogP contribution is 2.45. The third-order valence-electron chi connectivity index (χ3n) is 5.94. The number of carboxylic acid groups (broad SMARTS) is 1. The van der Waals surface area contributed by atoms with Crippen LogP contribution in [0.2, 0.25) is 0 Å². The molecular formula is C23H26F3N3O4. The van der Waals surface area contributed by atoms with Crippen molar-refractivity contribution in [1.29, 1.82) is 0 Å². The van der Waals surface area contributed by atoms with Crippen LogP contribution in [0, 0.1) is 11.3 Å². The van der Waals surface area contributed by atoms with E-state index in [1.807, 2.05) is 42.6 Å². The third-order valence-corrected chi connectivity index (χ3v) is 5.94. The van der Waals surface area contributed by atoms with Crippen molar-refractivity contribution in [3.63, 3.8) is 0 Å². The lowest BCUT2D eigenvalue weighted by Crippen LogP contribution is -2.42. The number of carboxylic acids is 1. The highest BCUT2D eigenvalue weighted by Gasteiger charge is 2.50. The normalized spacial score (nSPS) is 20.0. The number of nitrogens with one attached hydrogen (secondary N) is 1. The van der Waals surface area contributed by atoms with E-state index < -0.39 is 12.1 Å². The first kappa shape index (κ1) is 24.7. The summed E-state index contributed by atoms with van der Waals surface area (Å²) in [6.45, 7) is 4.06. The fourth-order valence-corrected chi connectivity index (χ4v) is 4.34. The van der Waals surface area contributed by atoms with E-state index in [4.69, 9.17) is 14.6 Å². The van der Waals surface area contributed by atoms with Crippen LogP contribution in [0.4, 0.5) is 18.9 Å². The number of hydrogen-bond acceptors (Lipinski definition) is 5. The number of carbonyl (C=O) groups excluding carboxylic acids is 1. The molecule has 0 saturated carbocycles. The minimum atomic E-state index is -5.08. The quantitative estimate of drug-likeness (QED) is 0.717. The van der Waals surface area contributed by atoms with E-state index in [0.717, 1.165) is 51.4 Å². The summed E-state index contributed by atoms with van der Waals surface area (Å²) in [4.78, 5) is 28.6. The number of halogens is 3. The number of aromatic nitrogens is 1. The first-order valence-electron chi connectivity index (χ1n) is 10.5. The van der Waals surface area contributed by atoms with Gasteiger partial charge in [-0.3, -0.25) is 14.7 Å². The fraction of sp³-hybridized carbons (Fsp3) is 0.435. The molecule has 2 aromatic rings. The van der Waals surface area contributed by atoms with Crippen molar-refractivity contribution in [2.24, 2.45) is 11.3 Å². The number of rotatable bonds is 4. The number of pyridine rings is 1. The average Bonchev–Trinajstić information content (AvgIpc) is 3.12. The van der Waals surface area contributed by atoms with Gasteiger partial charge in [-0.15, -0.1) is 0 Å². The molecule has 0 radical (unpaired) electrons. The van der Waals surface area contributed by atoms with Gasteiger partial charge in [0.25, 0.3) is 0 Å². The number of amides is 1. The Hall–Kier alpha value is -2.98. The summed E-state index contributed by atoms with van der Waals surface area (Å²) in [7, 11) is 0. The van der Waals surface area contributed by atoms with E-state index in [2.05, 4.69) is 21.3 Å². The lowest BCUT2D eigenvalue weighted by atomic mass is 9.71. The maximum atomic E-state index is 13.1. The second kappa shape index (κ2) is 10.8. The maximum Gasteiger partial charge on any atom is 0.490 e. The summed E-state index contributed by atoms with van der Waals surface area (Å²) in [6.07, 6.45) is 0.518. The Balaban J connectivity index is 0.000000383. The summed E-state index contributed by atoms with van der Waals surface area (Å²) >= 11 is 0. The second-order valence-electron chi connectivity index (χ2n) is 8.22. The Labute approximate surface area is 189 Å². The number of hydrogen-bond donors (Lipinski definition) is 2. The molecule has 3 heterocycles. The summed E-state index contributed by atoms with van der Waals surface area (Å²) in [6, 6.07) is 13.8. The van der Waals surface area contributed by atoms with E-state index in [9.17, 15) is 18.0 Å². The molecule has 0 aliphatic carbocycles. The van der Waals surface area contributed by atoms with Crippen LogP contribution in [0.3, 0.4) is 0 Å². The van der Waals surface area contributed by atoms with Crippen LogP contribution in [0.1, 0.15) is 18.4 Å². The van der Waals surface area contributed by atoms with Crippen LogP contribution in [0.5, 0.6) is 0 Å². The van der Waals surface area contributed by atoms with Gasteiger partial charge < -0.3 is 15.2 Å². The van der Waals surface area contributed by atoms with E-state index in [1.54, 1.807) is 6.20 Å². The molecule has 1 amide bonds. The molecule has 2 saturated heterocycles. The molecule has 1 atom stereocenters. The number of alkyl halides is 3. The first-order valence-corrected chi connectivity index (χ1v) is 10.5. The second-order valence-corrected chi connectivity index (χ2v) is 8.22. The van der Waals surface area contributed by atoms with Crippen LogP contribution in [-0.2, 0) is 20.9 Å². The number of aliphatic carboxylic acids is 1. The van der Waals surface area contributed by atoms with Crippen LogP contribution in [-0.4, -0.2) is 59.3 Å². The van der Waals surface area contributed by atoms with Gasteiger partial charge in [0.2, 0.25) is 5.91 Å². The van der Waals surface area contributed by atoms with Crippen LogP contribution < -0.4 is 5.32 Å². The molecule has 7 nitrogen and oxygen atoms in total. The smallest absolute Gasteiger partial charge is 0.475 e. The van der Waals surface area contributed by atoms with Crippen LogP contribution in [0.15, 0.2) is 54.9 Å². The predicted molar refractivity (Wildman–Crippen MR) is 114 cm³/mol. The number of likely N-dealkylation sites (tertiary alicyclic amines) is 1. The van der Waals surface area contributed by atoms with E-state index >= 15 is 0 Å². The van der Waals surface area contributed by atoms with Gasteiger partial charge in [-0.25, -0.2) is 4.79 Å². The standard InChI is InChI=1S/C21H25N3O2.C2HF3O2/c25-20(23-18-6-2-1-3-7-18)19-15-24(14-17-5-4-10-22-13-17)16-21(19)8-11-26-12-9-21;3-2(4,5)1(6)7/h1-7,10,13,19H,8-9,11-12,14-16H2,(H,23,25);(H,6,7). The van der Waals surface area contributed by atoms with E-state index in [0.29, 0.717) is 0 Å². The molecule has 178 valence electrons. The molecule has 33 heavy (non-hydrogen) atoms. The van der Waals surface area contributed by atoms with Crippen molar-refractivity contribution in [3.05, 3.63) is 60.4 Å². The molecule has 4 rings (SSSR count). The van der Waals surface area contributed by atoms with Crippen molar-refractivity contribution in [2.75, 3.05) is 31.6 Å². The minimum Gasteiger partial charge on any atom is -0.475 e. The van der Waals surface area contributed by atoms with Gasteiger partial charge in [0.1, 0.15) is 0 Å². The molecule has 10 heteroatoms. The van der Waals surface area contributed by atoms with Gasteiger partial charge in [0.15, 0.2) is 0 Å². The molecule has 2 aliphatic heterocycles. The number of benzene rings is 1. The predicted octanol–water partition coefficient (Wildman–Crippen LogP) is 3.58. The average molecular weight is 465 g/mol. The van der Waals surface area contributed by atoms with Gasteiger partial charge in [0.05, 0.1) is 5.92 Å². The van der Waals surface area contributed by atoms with Gasteiger partial charge in [-0.2, -0.15) is 13.2 Å². The summed E-state index contributed by atoms with van der Waals surface area (Å²) in [5.74, 6) is -2.64. The minimum absolute atomic E-state index is 0.0109. The maximum absolute atomic E-state index is 13.1. The molecule has 1 spiro atoms. The zero-order chi connectivity index (χ0) is 23.9. The molecule has 2 aliphatic rings. The van der Waals surface area contributed by atoms with Crippen molar-refractivity contribution in [2.45, 2.75) is 25.6 Å². The van der Waals surface area contributed by atoms with Crippen LogP contribution >= 0.6 is 0 Å². The highest BCUT2D eigenvalue weighted by molar-refractivity contribution is 5.93. The Morgan fingerprint density at radius 2 is 1.82 bits per heavy atom. The third kappa shape index (κ3) is 6.75. The molecule has 1 aromatic heterocycles. The Kier molecular flexibility index (Phi) is 8.04. The largest absolute Gasteiger partial charge is 0.490 e. The molecule has 0 bridgehead atoms. The first-order chi connectivity index (χ1) is 15.7. The topological polar surface area (TPSA) is 91.8 Å². The van der Waals surface area contributed by atoms with Crippen molar-refractivity contribution in [3.8, 4) is 0 Å². The summed E-state index contributed by atoms with van der Waals surface area (Å²) in [5, 5.41) is 10.2. The highest BCUT2D eigenvalue weighted by atomic mass is 19.4. The van der Waals surface area contributed by atoms with E-state index in [-0.39, 0.29) is 17.2 Å². The monoisotopic (exact) mass is 465 g/mol. The number of nitrogens with zero attached hydrogens (tertiary/aromatic N) is 2. The Morgan fingerprint density at radius 3 is 2.39 bits per heavy atom. The van der Waals surface area contributed by atoms with Gasteiger partial charge >= 0.3 is 12.1 Å².